The molecule has 5 nitrogen and oxygen atoms in total. The van der Waals surface area contributed by atoms with Crippen molar-refractivity contribution >= 4 is 55.9 Å². The lowest BCUT2D eigenvalue weighted by molar-refractivity contribution is 0.829. The normalized spacial score (nSPS) is 12.9. The number of imidazole rings is 1. The van der Waals surface area contributed by atoms with Crippen LogP contribution >= 0.6 is 0 Å². The predicted octanol–water partition coefficient (Wildman–Crippen LogP) is 19.2. The number of para-hydroxylation sites is 4. The van der Waals surface area contributed by atoms with Gasteiger partial charge < -0.3 is 15.1 Å². The molecule has 364 valence electrons. The Labute approximate surface area is 448 Å². The van der Waals surface area contributed by atoms with Gasteiger partial charge in [0.05, 0.1) is 28.1 Å². The number of fused-ring (bicyclic) bond motifs is 3. The summed E-state index contributed by atoms with van der Waals surface area (Å²) in [5.74, 6) is 0.919. The monoisotopic (exact) mass is 985 g/mol. The van der Waals surface area contributed by atoms with Crippen molar-refractivity contribution in [3.8, 4) is 61.6 Å². The maximum atomic E-state index is 5.24. The van der Waals surface area contributed by atoms with Crippen molar-refractivity contribution in [3.63, 3.8) is 0 Å². The van der Waals surface area contributed by atoms with Crippen LogP contribution in [0.15, 0.2) is 297 Å². The average Bonchev–Trinajstić information content (AvgIpc) is 4.19. The molecule has 0 saturated carbocycles. The van der Waals surface area contributed by atoms with E-state index in [1.54, 1.807) is 0 Å². The van der Waals surface area contributed by atoms with Gasteiger partial charge in [-0.1, -0.05) is 218 Å². The van der Waals surface area contributed by atoms with Gasteiger partial charge in [-0.25, -0.2) is 4.98 Å². The lowest BCUT2D eigenvalue weighted by Gasteiger charge is -2.28. The Morgan fingerprint density at radius 2 is 0.883 bits per heavy atom. The molecule has 0 radical (unpaired) electrons. The largest absolute Gasteiger partial charge is 0.359 e. The van der Waals surface area contributed by atoms with E-state index in [1.165, 1.54) is 27.6 Å². The highest BCUT2D eigenvalue weighted by Gasteiger charge is 2.33. The molecule has 0 fully saturated rings. The number of benzene rings is 12. The van der Waals surface area contributed by atoms with Crippen LogP contribution in [-0.2, 0) is 0 Å². The highest BCUT2D eigenvalue weighted by Crippen LogP contribution is 2.51. The second-order valence-corrected chi connectivity index (χ2v) is 19.6. The van der Waals surface area contributed by atoms with Gasteiger partial charge in [0.2, 0.25) is 0 Å². The fourth-order valence-electron chi connectivity index (χ4n) is 11.4. The van der Waals surface area contributed by atoms with Crippen LogP contribution in [0.5, 0.6) is 0 Å². The minimum absolute atomic E-state index is 0.0458. The smallest absolute Gasteiger partial charge is 0.145 e. The molecule has 14 rings (SSSR count). The first-order valence-corrected chi connectivity index (χ1v) is 26.3. The number of rotatable bonds is 11. The predicted molar refractivity (Wildman–Crippen MR) is 322 cm³/mol. The van der Waals surface area contributed by atoms with E-state index in [-0.39, 0.29) is 6.17 Å². The van der Waals surface area contributed by atoms with Gasteiger partial charge in [-0.2, -0.15) is 0 Å². The molecule has 0 spiro atoms. The van der Waals surface area contributed by atoms with Gasteiger partial charge in [0.1, 0.15) is 12.0 Å². The highest BCUT2D eigenvalue weighted by molar-refractivity contribution is 6.00. The third-order valence-electron chi connectivity index (χ3n) is 15.0. The molecule has 5 heteroatoms. The Morgan fingerprint density at radius 1 is 0.377 bits per heavy atom. The molecular weight excluding hydrogens is 935 g/mol. The minimum atomic E-state index is -0.0458. The zero-order chi connectivity index (χ0) is 51.1. The second-order valence-electron chi connectivity index (χ2n) is 19.6. The van der Waals surface area contributed by atoms with E-state index in [1.807, 2.05) is 0 Å². The summed E-state index contributed by atoms with van der Waals surface area (Å²) in [6.07, 6.45) is -0.0458. The van der Waals surface area contributed by atoms with E-state index in [0.29, 0.717) is 0 Å². The first-order valence-electron chi connectivity index (χ1n) is 26.3. The third kappa shape index (κ3) is 8.37. The van der Waals surface area contributed by atoms with Crippen molar-refractivity contribution in [1.82, 2.24) is 9.55 Å². The Balaban J connectivity index is 0.809. The van der Waals surface area contributed by atoms with E-state index in [4.69, 9.17) is 4.98 Å². The summed E-state index contributed by atoms with van der Waals surface area (Å²) in [5, 5.41) is 6.25. The topological polar surface area (TPSA) is 36.3 Å². The summed E-state index contributed by atoms with van der Waals surface area (Å²) in [5.41, 5.74) is 21.3. The van der Waals surface area contributed by atoms with E-state index in [2.05, 4.69) is 317 Å². The maximum absolute atomic E-state index is 5.24. The van der Waals surface area contributed by atoms with E-state index >= 15 is 0 Å². The van der Waals surface area contributed by atoms with Crippen molar-refractivity contribution < 1.29 is 0 Å². The van der Waals surface area contributed by atoms with Gasteiger partial charge in [-0.15, -0.1) is 0 Å². The van der Waals surface area contributed by atoms with Gasteiger partial charge in [-0.05, 0) is 123 Å². The summed E-state index contributed by atoms with van der Waals surface area (Å²) in [7, 11) is 0. The molecule has 1 atom stereocenters. The van der Waals surface area contributed by atoms with Crippen molar-refractivity contribution in [3.05, 3.63) is 303 Å². The number of nitrogens with zero attached hydrogens (tertiary/aromatic N) is 4. The fourth-order valence-corrected chi connectivity index (χ4v) is 11.4. The van der Waals surface area contributed by atoms with Crippen LogP contribution in [0.1, 0.15) is 11.7 Å². The SMILES string of the molecule is c1ccc(-c2nc3cccc(-c4cccc(-c5ccc(N(c6ccc(-c7cccc(-c8cccc9c8N(c8ccccc8)C(c8ccccc8)N9)c7)cc6)c6cccc7ccccc67)cc5)c4)c3n2-c2ccccc2)cc1. The average molecular weight is 986 g/mol. The van der Waals surface area contributed by atoms with E-state index in [0.717, 1.165) is 95.5 Å². The summed E-state index contributed by atoms with van der Waals surface area (Å²) >= 11 is 0. The lowest BCUT2D eigenvalue weighted by Crippen LogP contribution is -2.23. The summed E-state index contributed by atoms with van der Waals surface area (Å²) in [4.78, 5) is 10.1. The Hall–Kier alpha value is -10.2. The highest BCUT2D eigenvalue weighted by atomic mass is 15.3. The summed E-state index contributed by atoms with van der Waals surface area (Å²) < 4.78 is 2.31. The number of hydrogen-bond acceptors (Lipinski definition) is 4. The fraction of sp³-hybridized carbons (Fsp3) is 0.0139. The molecule has 13 aromatic rings. The van der Waals surface area contributed by atoms with Gasteiger partial charge in [0, 0.05) is 44.8 Å². The number of hydrogen-bond donors (Lipinski definition) is 1. The Morgan fingerprint density at radius 3 is 1.56 bits per heavy atom. The van der Waals surface area contributed by atoms with Gasteiger partial charge >= 0.3 is 0 Å². The molecule has 0 bridgehead atoms. The van der Waals surface area contributed by atoms with Crippen LogP contribution in [0.4, 0.5) is 34.1 Å². The van der Waals surface area contributed by atoms with Crippen molar-refractivity contribution in [2.75, 3.05) is 15.1 Å². The molecule has 0 aliphatic carbocycles. The number of nitrogens with one attached hydrogen (secondary N) is 1. The summed E-state index contributed by atoms with van der Waals surface area (Å²) in [6.45, 7) is 0. The quantitative estimate of drug-likeness (QED) is 0.140. The van der Waals surface area contributed by atoms with Crippen LogP contribution in [-0.4, -0.2) is 9.55 Å². The zero-order valence-corrected chi connectivity index (χ0v) is 42.2. The van der Waals surface area contributed by atoms with E-state index in [9.17, 15) is 0 Å². The van der Waals surface area contributed by atoms with Gasteiger partial charge in [0.15, 0.2) is 0 Å². The Bertz CT molecular complexity index is 4230. The minimum Gasteiger partial charge on any atom is -0.359 e. The van der Waals surface area contributed by atoms with Gasteiger partial charge in [0.25, 0.3) is 0 Å². The molecule has 77 heavy (non-hydrogen) atoms. The van der Waals surface area contributed by atoms with Crippen LogP contribution in [0.25, 0.3) is 83.4 Å². The molecule has 1 aliphatic heterocycles. The molecular formula is C72H51N5. The maximum Gasteiger partial charge on any atom is 0.145 e. The molecule has 0 saturated heterocycles. The van der Waals surface area contributed by atoms with Crippen molar-refractivity contribution in [2.45, 2.75) is 6.17 Å². The number of aromatic nitrogens is 2. The first-order chi connectivity index (χ1) is 38.2. The van der Waals surface area contributed by atoms with E-state index < -0.39 is 0 Å². The number of anilines is 6. The molecule has 2 heterocycles. The van der Waals surface area contributed by atoms with Crippen molar-refractivity contribution in [1.29, 1.82) is 0 Å². The summed E-state index contributed by atoms with van der Waals surface area (Å²) in [6, 6.07) is 107. The lowest BCUT2D eigenvalue weighted by atomic mass is 9.96. The Kier molecular flexibility index (Phi) is 11.5. The molecule has 1 unspecified atom stereocenters. The molecule has 1 aliphatic rings. The third-order valence-corrected chi connectivity index (χ3v) is 15.0. The first kappa shape index (κ1) is 45.4. The second kappa shape index (κ2) is 19.6. The van der Waals surface area contributed by atoms with Crippen LogP contribution in [0.2, 0.25) is 0 Å². The van der Waals surface area contributed by atoms with Crippen LogP contribution < -0.4 is 15.1 Å². The molecule has 12 aromatic carbocycles. The van der Waals surface area contributed by atoms with Crippen LogP contribution in [0, 0.1) is 0 Å². The zero-order valence-electron chi connectivity index (χ0n) is 42.2. The molecule has 1 N–H and O–H groups in total. The van der Waals surface area contributed by atoms with Gasteiger partial charge in [-0.3, -0.25) is 4.57 Å². The van der Waals surface area contributed by atoms with Crippen LogP contribution in [0.3, 0.4) is 0 Å². The van der Waals surface area contributed by atoms with Crippen molar-refractivity contribution in [2.24, 2.45) is 0 Å². The standard InChI is InChI=1S/C72H51N5/c1-5-21-53(22-6-1)71-73-66-37-18-35-64(69(66)76(71)59-30-9-3-10-31-59)57-28-15-26-55(48-57)50-40-44-61(45-41-50)75(68-39-17-25-52-20-13-14-34-63(52)68)62-46-42-51(43-47-62)56-27-16-29-58(49-56)65-36-19-38-67-70(65)77(60-32-11-4-12-33-60)72(74-67)54-23-7-2-8-24-54/h1-49,71,73H. The molecule has 0 amide bonds. The molecule has 1 aromatic heterocycles.